The molecule has 0 unspecified atom stereocenters. The highest BCUT2D eigenvalue weighted by Crippen LogP contribution is 2.32. The smallest absolute Gasteiger partial charge is 0.106 e. The van der Waals surface area contributed by atoms with Crippen molar-refractivity contribution >= 4 is 28.1 Å². The van der Waals surface area contributed by atoms with Gasteiger partial charge < -0.3 is 10.7 Å². The lowest BCUT2D eigenvalue weighted by molar-refractivity contribution is 0.590. The third kappa shape index (κ3) is 2.53. The minimum Gasteiger partial charge on any atom is -0.389 e. The normalized spacial score (nSPS) is 11.8. The van der Waals surface area contributed by atoms with E-state index in [-0.39, 0.29) is 5.41 Å². The van der Waals surface area contributed by atoms with Crippen molar-refractivity contribution in [1.82, 2.24) is 4.98 Å². The molecule has 3 rings (SSSR count). The van der Waals surface area contributed by atoms with Gasteiger partial charge in [0.25, 0.3) is 0 Å². The molecule has 22 heavy (non-hydrogen) atoms. The van der Waals surface area contributed by atoms with Gasteiger partial charge in [0, 0.05) is 16.5 Å². The molecule has 1 aromatic heterocycles. The topological polar surface area (TPSA) is 41.8 Å². The second-order valence-corrected chi connectivity index (χ2v) is 7.05. The summed E-state index contributed by atoms with van der Waals surface area (Å²) in [4.78, 5) is 3.88. The van der Waals surface area contributed by atoms with Crippen LogP contribution in [0, 0.1) is 0 Å². The summed E-state index contributed by atoms with van der Waals surface area (Å²) in [5.74, 6) is 0. The van der Waals surface area contributed by atoms with E-state index >= 15 is 0 Å². The minimum atomic E-state index is 0.144. The number of thiocarbonyl (C=S) groups is 1. The molecule has 2 nitrogen and oxygen atoms in total. The maximum absolute atomic E-state index is 5.97. The van der Waals surface area contributed by atoms with E-state index in [1.165, 1.54) is 5.56 Å². The Labute approximate surface area is 136 Å². The van der Waals surface area contributed by atoms with Gasteiger partial charge >= 0.3 is 0 Å². The lowest BCUT2D eigenvalue weighted by Crippen LogP contribution is -2.11. The summed E-state index contributed by atoms with van der Waals surface area (Å²) in [6, 6.07) is 16.7. The van der Waals surface area contributed by atoms with Crippen molar-refractivity contribution in [2.45, 2.75) is 26.2 Å². The number of hydrogen-bond acceptors (Lipinski definition) is 1. The van der Waals surface area contributed by atoms with E-state index in [0.717, 1.165) is 27.7 Å². The van der Waals surface area contributed by atoms with Crippen molar-refractivity contribution in [2.24, 2.45) is 5.73 Å². The molecular weight excluding hydrogens is 288 g/mol. The summed E-state index contributed by atoms with van der Waals surface area (Å²) >= 11 is 5.27. The van der Waals surface area contributed by atoms with Crippen molar-refractivity contribution in [2.75, 3.05) is 0 Å². The maximum atomic E-state index is 5.97. The first kappa shape index (κ1) is 14.8. The van der Waals surface area contributed by atoms with E-state index in [4.69, 9.17) is 18.0 Å². The Hall–Kier alpha value is -2.13. The molecule has 0 aliphatic rings. The Morgan fingerprint density at radius 2 is 1.64 bits per heavy atom. The van der Waals surface area contributed by atoms with Gasteiger partial charge in [-0.15, -0.1) is 0 Å². The van der Waals surface area contributed by atoms with Crippen LogP contribution in [-0.2, 0) is 5.41 Å². The largest absolute Gasteiger partial charge is 0.389 e. The van der Waals surface area contributed by atoms with Crippen LogP contribution >= 0.6 is 12.2 Å². The molecule has 0 amide bonds. The number of nitrogens with one attached hydrogen (secondary N) is 1. The second-order valence-electron chi connectivity index (χ2n) is 6.61. The zero-order valence-electron chi connectivity index (χ0n) is 13.1. The van der Waals surface area contributed by atoms with Crippen molar-refractivity contribution in [3.8, 4) is 11.3 Å². The Balaban J connectivity index is 2.18. The third-order valence-corrected chi connectivity index (χ3v) is 4.20. The number of nitrogens with two attached hydrogens (primary N) is 1. The molecule has 0 saturated carbocycles. The average molecular weight is 308 g/mol. The zero-order valence-corrected chi connectivity index (χ0v) is 13.9. The molecule has 0 bridgehead atoms. The molecule has 3 heteroatoms. The highest BCUT2D eigenvalue weighted by molar-refractivity contribution is 7.80. The first-order valence-corrected chi connectivity index (χ1v) is 7.80. The molecule has 0 radical (unpaired) electrons. The van der Waals surface area contributed by atoms with Gasteiger partial charge in [-0.1, -0.05) is 75.5 Å². The van der Waals surface area contributed by atoms with E-state index in [1.807, 2.05) is 24.3 Å². The van der Waals surface area contributed by atoms with Crippen LogP contribution < -0.4 is 5.73 Å². The fourth-order valence-corrected chi connectivity index (χ4v) is 2.96. The molecule has 0 fully saturated rings. The fourth-order valence-electron chi connectivity index (χ4n) is 2.75. The van der Waals surface area contributed by atoms with Crippen LogP contribution in [-0.4, -0.2) is 9.97 Å². The molecule has 0 aliphatic carbocycles. The quantitative estimate of drug-likeness (QED) is 0.670. The number of aromatic nitrogens is 1. The maximum Gasteiger partial charge on any atom is 0.106 e. The molecule has 1 heterocycles. The number of hydrogen-bond donors (Lipinski definition) is 2. The van der Waals surface area contributed by atoms with Crippen LogP contribution in [0.15, 0.2) is 48.5 Å². The van der Waals surface area contributed by atoms with Gasteiger partial charge in [-0.2, -0.15) is 0 Å². The number of para-hydroxylation sites is 1. The molecule has 0 atom stereocenters. The summed E-state index contributed by atoms with van der Waals surface area (Å²) in [6.07, 6.45) is 0. The van der Waals surface area contributed by atoms with Gasteiger partial charge in [-0.3, -0.25) is 0 Å². The third-order valence-electron chi connectivity index (χ3n) is 3.99. The molecule has 0 spiro atoms. The van der Waals surface area contributed by atoms with Gasteiger partial charge in [-0.05, 0) is 22.6 Å². The van der Waals surface area contributed by atoms with Gasteiger partial charge in [-0.25, -0.2) is 0 Å². The Morgan fingerprint density at radius 1 is 1.00 bits per heavy atom. The molecule has 0 saturated heterocycles. The van der Waals surface area contributed by atoms with Crippen LogP contribution in [0.25, 0.3) is 22.2 Å². The van der Waals surface area contributed by atoms with Gasteiger partial charge in [0.1, 0.15) is 4.99 Å². The number of H-pyrrole nitrogens is 1. The number of rotatable bonds is 2. The van der Waals surface area contributed by atoms with E-state index in [2.05, 4.69) is 50.0 Å². The van der Waals surface area contributed by atoms with Gasteiger partial charge in [0.15, 0.2) is 0 Å². The standard InChI is InChI=1S/C19H20N2S/c1-19(2,3)13-10-8-12(9-11-13)17-16(18(20)22)14-6-4-5-7-15(14)21-17/h4-11,21H,1-3H3,(H2,20,22). The van der Waals surface area contributed by atoms with Gasteiger partial charge in [0.05, 0.1) is 5.69 Å². The molecule has 3 N–H and O–H groups in total. The van der Waals surface area contributed by atoms with Crippen molar-refractivity contribution < 1.29 is 0 Å². The Kier molecular flexibility index (Phi) is 3.53. The number of benzene rings is 2. The highest BCUT2D eigenvalue weighted by atomic mass is 32.1. The minimum absolute atomic E-state index is 0.144. The zero-order chi connectivity index (χ0) is 15.9. The van der Waals surface area contributed by atoms with Crippen LogP contribution in [0.4, 0.5) is 0 Å². The summed E-state index contributed by atoms with van der Waals surface area (Å²) in [7, 11) is 0. The summed E-state index contributed by atoms with van der Waals surface area (Å²) < 4.78 is 0. The second kappa shape index (κ2) is 5.25. The van der Waals surface area contributed by atoms with Crippen molar-refractivity contribution in [3.05, 3.63) is 59.7 Å². The predicted octanol–water partition coefficient (Wildman–Crippen LogP) is 4.77. The molecule has 0 aliphatic heterocycles. The van der Waals surface area contributed by atoms with Gasteiger partial charge in [0.2, 0.25) is 0 Å². The average Bonchev–Trinajstić information content (AvgIpc) is 2.86. The molecular formula is C19H20N2S. The Morgan fingerprint density at radius 3 is 2.23 bits per heavy atom. The predicted molar refractivity (Wildman–Crippen MR) is 98.3 cm³/mol. The van der Waals surface area contributed by atoms with E-state index in [0.29, 0.717) is 4.99 Å². The van der Waals surface area contributed by atoms with E-state index in [9.17, 15) is 0 Å². The van der Waals surface area contributed by atoms with Crippen LogP contribution in [0.5, 0.6) is 0 Å². The molecule has 2 aromatic carbocycles. The fraction of sp³-hybridized carbons (Fsp3) is 0.211. The summed E-state index contributed by atoms with van der Waals surface area (Å²) in [5.41, 5.74) is 11.5. The first-order chi connectivity index (χ1) is 10.4. The SMILES string of the molecule is CC(C)(C)c1ccc(-c2[nH]c3ccccc3c2C(N)=S)cc1. The lowest BCUT2D eigenvalue weighted by Gasteiger charge is -2.19. The first-order valence-electron chi connectivity index (χ1n) is 7.39. The van der Waals surface area contributed by atoms with Crippen LogP contribution in [0.3, 0.4) is 0 Å². The van der Waals surface area contributed by atoms with E-state index < -0.39 is 0 Å². The Bertz CT molecular complexity index is 836. The van der Waals surface area contributed by atoms with Crippen molar-refractivity contribution in [1.29, 1.82) is 0 Å². The van der Waals surface area contributed by atoms with E-state index in [1.54, 1.807) is 0 Å². The van der Waals surface area contributed by atoms with Crippen LogP contribution in [0.2, 0.25) is 0 Å². The monoisotopic (exact) mass is 308 g/mol. The summed E-state index contributed by atoms with van der Waals surface area (Å²) in [5, 5.41) is 1.07. The lowest BCUT2D eigenvalue weighted by atomic mass is 9.86. The highest BCUT2D eigenvalue weighted by Gasteiger charge is 2.17. The van der Waals surface area contributed by atoms with Crippen molar-refractivity contribution in [3.63, 3.8) is 0 Å². The number of fused-ring (bicyclic) bond motifs is 1. The molecule has 112 valence electrons. The summed E-state index contributed by atoms with van der Waals surface area (Å²) in [6.45, 7) is 6.64. The number of aromatic amines is 1. The van der Waals surface area contributed by atoms with Crippen LogP contribution in [0.1, 0.15) is 31.9 Å². The molecule has 3 aromatic rings.